The summed E-state index contributed by atoms with van der Waals surface area (Å²) in [5, 5.41) is 37.8. The number of rotatable bonds is 4. The van der Waals surface area contributed by atoms with Gasteiger partial charge in [-0.3, -0.25) is 0 Å². The summed E-state index contributed by atoms with van der Waals surface area (Å²) >= 11 is 5.90. The molecule has 5 atom stereocenters. The Kier molecular flexibility index (Phi) is 4.94. The molecule has 1 fully saturated rings. The summed E-state index contributed by atoms with van der Waals surface area (Å²) in [4.78, 5) is 8.36. The van der Waals surface area contributed by atoms with Crippen molar-refractivity contribution in [1.82, 2.24) is 19.7 Å². The highest BCUT2D eigenvalue weighted by molar-refractivity contribution is 6.30. The number of nitrogens with one attached hydrogen (secondary N) is 1. The van der Waals surface area contributed by atoms with Crippen molar-refractivity contribution in [3.8, 4) is 0 Å². The minimum absolute atomic E-state index is 0.317. The smallest absolute Gasteiger partial charge is 0.163 e. The normalized spacial score (nSPS) is 25.9. The van der Waals surface area contributed by atoms with E-state index in [0.29, 0.717) is 39.6 Å². The van der Waals surface area contributed by atoms with Gasteiger partial charge < -0.3 is 20.7 Å². The van der Waals surface area contributed by atoms with E-state index in [2.05, 4.69) is 20.5 Å². The molecule has 1 unspecified atom stereocenters. The maximum atomic E-state index is 10.8. The van der Waals surface area contributed by atoms with Gasteiger partial charge in [0.05, 0.1) is 29.3 Å². The molecule has 0 bridgehead atoms. The number of nitrogens with zero attached hydrogens (tertiary/aromatic N) is 4. The number of aliphatic hydroxyl groups excluding tert-OH is 3. The van der Waals surface area contributed by atoms with Gasteiger partial charge in [0.15, 0.2) is 11.5 Å². The molecular formula is C18H21ClN6O3. The number of aryl methyl sites for hydroxylation is 1. The van der Waals surface area contributed by atoms with Crippen LogP contribution in [-0.2, 0) is 0 Å². The molecule has 1 saturated carbocycles. The Morgan fingerprint density at radius 2 is 1.93 bits per heavy atom. The van der Waals surface area contributed by atoms with E-state index in [0.717, 1.165) is 0 Å². The Morgan fingerprint density at radius 1 is 1.21 bits per heavy atom. The molecule has 0 spiro atoms. The maximum Gasteiger partial charge on any atom is 0.163 e. The zero-order valence-electron chi connectivity index (χ0n) is 15.1. The van der Waals surface area contributed by atoms with Crippen LogP contribution >= 0.6 is 11.6 Å². The van der Waals surface area contributed by atoms with Gasteiger partial charge >= 0.3 is 0 Å². The molecule has 0 amide bonds. The average molecular weight is 405 g/mol. The minimum atomic E-state index is -1.12. The summed E-state index contributed by atoms with van der Waals surface area (Å²) < 4.78 is 1.58. The summed E-state index contributed by atoms with van der Waals surface area (Å²) in [6, 6.07) is 6.22. The second kappa shape index (κ2) is 7.26. The maximum absolute atomic E-state index is 10.8. The molecule has 4 rings (SSSR count). The first kappa shape index (κ1) is 19.0. The van der Waals surface area contributed by atoms with Crippen LogP contribution in [0, 0.1) is 12.8 Å². The van der Waals surface area contributed by atoms with Gasteiger partial charge in [-0.25, -0.2) is 20.5 Å². The number of aromatic nitrogens is 4. The fourth-order valence-corrected chi connectivity index (χ4v) is 4.11. The zero-order chi connectivity index (χ0) is 20.0. The Bertz CT molecular complexity index is 995. The summed E-state index contributed by atoms with van der Waals surface area (Å²) in [5.74, 6) is 5.38. The van der Waals surface area contributed by atoms with Crippen LogP contribution in [0.15, 0.2) is 30.6 Å². The van der Waals surface area contributed by atoms with E-state index < -0.39 is 30.3 Å². The number of benzene rings is 1. The van der Waals surface area contributed by atoms with E-state index in [-0.39, 0.29) is 0 Å². The van der Waals surface area contributed by atoms with Gasteiger partial charge in [-0.05, 0) is 31.0 Å². The number of nitrogen functional groups attached to an aromatic ring is 1. The van der Waals surface area contributed by atoms with Gasteiger partial charge in [0, 0.05) is 10.9 Å². The number of anilines is 1. The van der Waals surface area contributed by atoms with Crippen LogP contribution in [0.4, 0.5) is 5.82 Å². The fraction of sp³-hybridized carbons (Fsp3) is 0.389. The van der Waals surface area contributed by atoms with Gasteiger partial charge in [-0.2, -0.15) is 5.10 Å². The number of hydrazine groups is 1. The van der Waals surface area contributed by atoms with Crippen molar-refractivity contribution in [2.75, 3.05) is 5.43 Å². The minimum Gasteiger partial charge on any atom is -0.390 e. The summed E-state index contributed by atoms with van der Waals surface area (Å²) in [7, 11) is 0. The van der Waals surface area contributed by atoms with Gasteiger partial charge in [0.1, 0.15) is 12.4 Å². The molecule has 6 N–H and O–H groups in total. The van der Waals surface area contributed by atoms with Crippen molar-refractivity contribution in [3.05, 3.63) is 46.9 Å². The molecule has 9 nitrogen and oxygen atoms in total. The largest absolute Gasteiger partial charge is 0.390 e. The molecule has 2 heterocycles. The van der Waals surface area contributed by atoms with Crippen LogP contribution in [0.25, 0.3) is 11.0 Å². The summed E-state index contributed by atoms with van der Waals surface area (Å²) in [6.07, 6.45) is -1.52. The van der Waals surface area contributed by atoms with E-state index in [1.807, 2.05) is 0 Å². The quantitative estimate of drug-likeness (QED) is 0.321. The van der Waals surface area contributed by atoms with Crippen molar-refractivity contribution in [3.63, 3.8) is 0 Å². The van der Waals surface area contributed by atoms with E-state index in [1.54, 1.807) is 35.9 Å². The van der Waals surface area contributed by atoms with Crippen LogP contribution < -0.4 is 11.3 Å². The highest BCUT2D eigenvalue weighted by Gasteiger charge is 2.47. The summed E-state index contributed by atoms with van der Waals surface area (Å²) in [6.45, 7) is 1.79. The molecule has 0 saturated heterocycles. The molecule has 10 heteroatoms. The first-order valence-corrected chi connectivity index (χ1v) is 9.26. The Hall–Kier alpha value is -2.30. The molecule has 1 aromatic carbocycles. The topological polar surface area (TPSA) is 142 Å². The lowest BCUT2D eigenvalue weighted by molar-refractivity contribution is -0.0271. The van der Waals surface area contributed by atoms with E-state index in [1.165, 1.54) is 6.33 Å². The molecule has 0 radical (unpaired) electrons. The lowest BCUT2D eigenvalue weighted by atomic mass is 9.92. The second-order valence-electron chi connectivity index (χ2n) is 7.04. The molecule has 3 aromatic rings. The molecule has 1 aliphatic carbocycles. The highest BCUT2D eigenvalue weighted by atomic mass is 35.5. The molecule has 0 aliphatic heterocycles. The van der Waals surface area contributed by atoms with Gasteiger partial charge in [0.25, 0.3) is 0 Å². The third-order valence-electron chi connectivity index (χ3n) is 5.43. The molecular weight excluding hydrogens is 384 g/mol. The van der Waals surface area contributed by atoms with Crippen molar-refractivity contribution in [1.29, 1.82) is 0 Å². The first-order chi connectivity index (χ1) is 13.4. The summed E-state index contributed by atoms with van der Waals surface area (Å²) in [5.41, 5.74) is 4.29. The number of hydrogen-bond donors (Lipinski definition) is 5. The van der Waals surface area contributed by atoms with Crippen molar-refractivity contribution >= 4 is 28.5 Å². The first-order valence-electron chi connectivity index (χ1n) is 8.88. The third kappa shape index (κ3) is 3.01. The van der Waals surface area contributed by atoms with E-state index in [9.17, 15) is 15.3 Å². The van der Waals surface area contributed by atoms with E-state index >= 15 is 0 Å². The predicted molar refractivity (Wildman–Crippen MR) is 103 cm³/mol. The SMILES string of the molecule is Cc1nn([C@@H]2C[C@H](C(O)c3ccc(Cl)cc3)[C@@H](O)[C@H]2O)c2ncnc(NN)c12. The lowest BCUT2D eigenvalue weighted by Gasteiger charge is -2.22. The van der Waals surface area contributed by atoms with Crippen molar-refractivity contribution in [2.24, 2.45) is 11.8 Å². The van der Waals surface area contributed by atoms with Crippen LogP contribution in [0.5, 0.6) is 0 Å². The molecule has 148 valence electrons. The third-order valence-corrected chi connectivity index (χ3v) is 5.68. The number of nitrogens with two attached hydrogens (primary N) is 1. The number of fused-ring (bicyclic) bond motifs is 1. The lowest BCUT2D eigenvalue weighted by Crippen LogP contribution is -2.31. The Balaban J connectivity index is 1.69. The average Bonchev–Trinajstić information content (AvgIpc) is 3.19. The van der Waals surface area contributed by atoms with E-state index in [4.69, 9.17) is 17.4 Å². The molecule has 1 aliphatic rings. The van der Waals surface area contributed by atoms with Crippen molar-refractivity contribution in [2.45, 2.75) is 37.7 Å². The predicted octanol–water partition coefficient (Wildman–Crippen LogP) is 1.09. The van der Waals surface area contributed by atoms with Crippen LogP contribution in [-0.4, -0.2) is 47.3 Å². The number of halogens is 1. The Morgan fingerprint density at radius 3 is 2.61 bits per heavy atom. The standard InChI is InChI=1S/C18H21ClN6O3/c1-8-13-17(23-20)21-7-22-18(13)25(24-8)12-6-11(15(27)16(12)28)14(26)9-2-4-10(19)5-3-9/h2-5,7,11-12,14-16,26-28H,6,20H2,1H3,(H,21,22,23)/t11-,12-,14?,15-,16+/m1/s1. The highest BCUT2D eigenvalue weighted by Crippen LogP contribution is 2.43. The van der Waals surface area contributed by atoms with Crippen LogP contribution in [0.1, 0.15) is 29.8 Å². The van der Waals surface area contributed by atoms with Gasteiger partial charge in [-0.15, -0.1) is 0 Å². The Labute approximate surface area is 165 Å². The molecule has 2 aromatic heterocycles. The second-order valence-corrected chi connectivity index (χ2v) is 7.48. The number of aliphatic hydroxyl groups is 3. The molecule has 28 heavy (non-hydrogen) atoms. The van der Waals surface area contributed by atoms with Gasteiger partial charge in [-0.1, -0.05) is 23.7 Å². The zero-order valence-corrected chi connectivity index (χ0v) is 15.8. The van der Waals surface area contributed by atoms with Gasteiger partial charge in [0.2, 0.25) is 0 Å². The number of hydrogen-bond acceptors (Lipinski definition) is 8. The fourth-order valence-electron chi connectivity index (χ4n) is 3.99. The van der Waals surface area contributed by atoms with Crippen molar-refractivity contribution < 1.29 is 15.3 Å². The van der Waals surface area contributed by atoms with Crippen LogP contribution in [0.3, 0.4) is 0 Å². The monoisotopic (exact) mass is 404 g/mol. The van der Waals surface area contributed by atoms with Crippen LogP contribution in [0.2, 0.25) is 5.02 Å².